The van der Waals surface area contributed by atoms with Crippen LogP contribution < -0.4 is 10.2 Å². The predicted octanol–water partition coefficient (Wildman–Crippen LogP) is -0.218. The third-order valence-electron chi connectivity index (χ3n) is 1.98. The van der Waals surface area contributed by atoms with Crippen LogP contribution in [0.3, 0.4) is 0 Å². The molecule has 0 aromatic heterocycles. The average molecular weight is 210 g/mol. The summed E-state index contributed by atoms with van der Waals surface area (Å²) in [4.78, 5) is 0. The molecule has 1 aromatic carbocycles. The van der Waals surface area contributed by atoms with E-state index in [1.807, 2.05) is 6.07 Å². The third-order valence-corrected chi connectivity index (χ3v) is 1.98. The van der Waals surface area contributed by atoms with Gasteiger partial charge in [0, 0.05) is 18.7 Å². The van der Waals surface area contributed by atoms with Gasteiger partial charge in [0.25, 0.3) is 0 Å². The van der Waals surface area contributed by atoms with E-state index >= 15 is 0 Å². The monoisotopic (exact) mass is 210 g/mol. The van der Waals surface area contributed by atoms with Crippen LogP contribution in [0.2, 0.25) is 0 Å². The summed E-state index contributed by atoms with van der Waals surface area (Å²) in [7, 11) is 0.534. The van der Waals surface area contributed by atoms with Gasteiger partial charge in [-0.2, -0.15) is 0 Å². The largest absolute Gasteiger partial charge is 0.497 e. The van der Waals surface area contributed by atoms with Crippen LogP contribution in [0.4, 0.5) is 0 Å². The van der Waals surface area contributed by atoms with Crippen LogP contribution in [-0.4, -0.2) is 37.6 Å². The molecule has 0 amide bonds. The van der Waals surface area contributed by atoms with Gasteiger partial charge in [-0.3, -0.25) is 0 Å². The Morgan fingerprint density at radius 1 is 1.33 bits per heavy atom. The molecule has 15 heavy (non-hydrogen) atoms. The lowest BCUT2D eigenvalue weighted by atomic mass is 9.79. The van der Waals surface area contributed by atoms with E-state index < -0.39 is 7.12 Å². The van der Waals surface area contributed by atoms with Crippen LogP contribution in [0.25, 0.3) is 0 Å². The first-order valence-electron chi connectivity index (χ1n) is 4.83. The van der Waals surface area contributed by atoms with Crippen molar-refractivity contribution in [3.63, 3.8) is 0 Å². The van der Waals surface area contributed by atoms with E-state index in [0.717, 1.165) is 0 Å². The molecule has 0 fully saturated rings. The number of aliphatic hydroxyl groups is 1. The molecule has 0 unspecified atom stereocenters. The van der Waals surface area contributed by atoms with Crippen molar-refractivity contribution in [2.75, 3.05) is 20.3 Å². The summed E-state index contributed by atoms with van der Waals surface area (Å²) >= 11 is 0. The maximum atomic E-state index is 9.68. The maximum absolute atomic E-state index is 9.68. The van der Waals surface area contributed by atoms with Crippen molar-refractivity contribution >= 4 is 12.6 Å². The fourth-order valence-electron chi connectivity index (χ4n) is 1.22. The first-order chi connectivity index (χ1) is 7.29. The molecule has 2 N–H and O–H groups in total. The molecule has 0 aliphatic heterocycles. The fourth-order valence-corrected chi connectivity index (χ4v) is 1.22. The predicted molar refractivity (Wildman–Crippen MR) is 58.3 cm³/mol. The molecule has 0 aliphatic carbocycles. The number of hydrogen-bond acceptors (Lipinski definition) is 4. The van der Waals surface area contributed by atoms with E-state index in [2.05, 4.69) is 0 Å². The Bertz CT molecular complexity index is 293. The molecule has 0 spiro atoms. The molecule has 0 atom stereocenters. The van der Waals surface area contributed by atoms with E-state index in [4.69, 9.17) is 14.5 Å². The highest BCUT2D eigenvalue weighted by molar-refractivity contribution is 6.61. The van der Waals surface area contributed by atoms with Gasteiger partial charge in [-0.05, 0) is 12.5 Å². The first-order valence-corrected chi connectivity index (χ1v) is 4.83. The van der Waals surface area contributed by atoms with E-state index in [1.54, 1.807) is 25.3 Å². The minimum Gasteiger partial charge on any atom is -0.497 e. The fraction of sp³-hybridized carbons (Fsp3) is 0.400. The molecule has 1 rings (SSSR count). The zero-order chi connectivity index (χ0) is 11.1. The minimum absolute atomic E-state index is 0.0542. The molecule has 1 aromatic rings. The molecule has 5 heteroatoms. The third kappa shape index (κ3) is 3.55. The molecule has 0 aliphatic rings. The molecule has 0 bridgehead atoms. The molecule has 82 valence electrons. The van der Waals surface area contributed by atoms with Crippen LogP contribution in [0, 0.1) is 0 Å². The first kappa shape index (κ1) is 12.0. The number of ether oxygens (including phenoxy) is 1. The number of benzene rings is 1. The minimum atomic E-state index is -1.01. The van der Waals surface area contributed by atoms with Crippen molar-refractivity contribution in [3.8, 4) is 5.75 Å². The smallest absolute Gasteiger partial charge is 0.494 e. The number of aliphatic hydroxyl groups excluding tert-OH is 1. The average Bonchev–Trinajstić information content (AvgIpc) is 2.29. The Balaban J connectivity index is 2.59. The lowest BCUT2D eigenvalue weighted by Crippen LogP contribution is -2.35. The van der Waals surface area contributed by atoms with Gasteiger partial charge in [0.2, 0.25) is 0 Å². The van der Waals surface area contributed by atoms with Crippen molar-refractivity contribution in [1.29, 1.82) is 0 Å². The van der Waals surface area contributed by atoms with E-state index in [0.29, 0.717) is 24.2 Å². The van der Waals surface area contributed by atoms with Gasteiger partial charge in [0.15, 0.2) is 0 Å². The van der Waals surface area contributed by atoms with Gasteiger partial charge < -0.3 is 19.5 Å². The lowest BCUT2D eigenvalue weighted by Gasteiger charge is -2.11. The second kappa shape index (κ2) is 6.45. The quantitative estimate of drug-likeness (QED) is 0.503. The summed E-state index contributed by atoms with van der Waals surface area (Å²) in [6.07, 6.45) is 0.506. The Kier molecular flexibility index (Phi) is 5.17. The Hall–Kier alpha value is -1.04. The van der Waals surface area contributed by atoms with Crippen molar-refractivity contribution in [2.45, 2.75) is 6.42 Å². The molecule has 0 saturated carbocycles. The number of methoxy groups -OCH3 is 1. The molecular weight excluding hydrogens is 195 g/mol. The van der Waals surface area contributed by atoms with Gasteiger partial charge in [-0.25, -0.2) is 0 Å². The van der Waals surface area contributed by atoms with Crippen LogP contribution >= 0.6 is 0 Å². The van der Waals surface area contributed by atoms with E-state index in [1.165, 1.54) is 0 Å². The molecular formula is C10H15BO4. The van der Waals surface area contributed by atoms with Gasteiger partial charge in [-0.1, -0.05) is 18.2 Å². The van der Waals surface area contributed by atoms with Crippen LogP contribution in [0.1, 0.15) is 6.42 Å². The normalized spacial score (nSPS) is 10.1. The highest BCUT2D eigenvalue weighted by Crippen LogP contribution is 2.06. The topological polar surface area (TPSA) is 58.9 Å². The SMILES string of the molecule is COc1ccccc1B(O)OCCCO. The molecule has 0 heterocycles. The second-order valence-electron chi connectivity index (χ2n) is 3.04. The summed E-state index contributed by atoms with van der Waals surface area (Å²) in [5, 5.41) is 18.2. The summed E-state index contributed by atoms with van der Waals surface area (Å²) in [6.45, 7) is 0.369. The second-order valence-corrected chi connectivity index (χ2v) is 3.04. The van der Waals surface area contributed by atoms with Crippen molar-refractivity contribution in [3.05, 3.63) is 24.3 Å². The van der Waals surface area contributed by atoms with Gasteiger partial charge in [-0.15, -0.1) is 0 Å². The van der Waals surface area contributed by atoms with Crippen LogP contribution in [0.5, 0.6) is 5.75 Å². The van der Waals surface area contributed by atoms with Crippen molar-refractivity contribution < 1.29 is 19.5 Å². The summed E-state index contributed by atoms with van der Waals surface area (Å²) in [5.41, 5.74) is 0.595. The zero-order valence-corrected chi connectivity index (χ0v) is 8.72. The Morgan fingerprint density at radius 2 is 2.07 bits per heavy atom. The van der Waals surface area contributed by atoms with Crippen molar-refractivity contribution in [1.82, 2.24) is 0 Å². The number of para-hydroxylation sites is 1. The standard InChI is InChI=1S/C10H15BO4/c1-14-10-6-3-2-5-9(10)11(13)15-8-4-7-12/h2-3,5-6,12-13H,4,7-8H2,1H3. The molecule has 0 radical (unpaired) electrons. The highest BCUT2D eigenvalue weighted by atomic mass is 16.5. The molecule has 0 saturated heterocycles. The number of hydrogen-bond donors (Lipinski definition) is 2. The number of rotatable bonds is 6. The van der Waals surface area contributed by atoms with Crippen LogP contribution in [0.15, 0.2) is 24.3 Å². The highest BCUT2D eigenvalue weighted by Gasteiger charge is 2.20. The Morgan fingerprint density at radius 3 is 2.73 bits per heavy atom. The summed E-state index contributed by atoms with van der Waals surface area (Å²) in [5.74, 6) is 0.592. The van der Waals surface area contributed by atoms with E-state index in [-0.39, 0.29) is 6.61 Å². The molecule has 4 nitrogen and oxygen atoms in total. The summed E-state index contributed by atoms with van der Waals surface area (Å²) in [6, 6.07) is 7.12. The van der Waals surface area contributed by atoms with Crippen molar-refractivity contribution in [2.24, 2.45) is 0 Å². The van der Waals surface area contributed by atoms with Crippen LogP contribution in [-0.2, 0) is 4.65 Å². The zero-order valence-electron chi connectivity index (χ0n) is 8.72. The summed E-state index contributed by atoms with van der Waals surface area (Å²) < 4.78 is 10.2. The maximum Gasteiger partial charge on any atom is 0.494 e. The van der Waals surface area contributed by atoms with Gasteiger partial charge in [0.05, 0.1) is 7.11 Å². The van der Waals surface area contributed by atoms with E-state index in [9.17, 15) is 5.02 Å². The van der Waals surface area contributed by atoms with Gasteiger partial charge >= 0.3 is 7.12 Å². The van der Waals surface area contributed by atoms with Gasteiger partial charge in [0.1, 0.15) is 5.75 Å². The Labute approximate surface area is 89.6 Å². The lowest BCUT2D eigenvalue weighted by molar-refractivity contribution is 0.215.